The Morgan fingerprint density at radius 3 is 2.15 bits per heavy atom. The third-order valence-corrected chi connectivity index (χ3v) is 2.56. The zero-order valence-electron chi connectivity index (χ0n) is 11.7. The predicted octanol–water partition coefficient (Wildman–Crippen LogP) is 3.92. The second-order valence-corrected chi connectivity index (χ2v) is 3.80. The van der Waals surface area contributed by atoms with Crippen LogP contribution in [-0.2, 0) is 6.61 Å². The molecule has 0 aliphatic heterocycles. The van der Waals surface area contributed by atoms with Crippen molar-refractivity contribution in [3.63, 3.8) is 0 Å². The topological polar surface area (TPSA) is 43.4 Å². The van der Waals surface area contributed by atoms with Crippen LogP contribution in [0.15, 0.2) is 48.5 Å². The lowest BCUT2D eigenvalue weighted by atomic mass is 10.1. The van der Waals surface area contributed by atoms with Crippen LogP contribution in [0.25, 0.3) is 0 Å². The van der Waals surface area contributed by atoms with Crippen molar-refractivity contribution in [1.82, 2.24) is 0 Å². The Morgan fingerprint density at radius 1 is 0.900 bits per heavy atom. The molecule has 2 aromatic carbocycles. The van der Waals surface area contributed by atoms with Crippen LogP contribution in [0.2, 0.25) is 0 Å². The fourth-order valence-electron chi connectivity index (χ4n) is 1.59. The van der Waals surface area contributed by atoms with E-state index in [1.165, 1.54) is 0 Å². The van der Waals surface area contributed by atoms with Gasteiger partial charge in [0.05, 0.1) is 0 Å². The van der Waals surface area contributed by atoms with E-state index in [1.807, 2.05) is 44.2 Å². The van der Waals surface area contributed by atoms with Crippen molar-refractivity contribution in [3.05, 3.63) is 65.2 Å². The van der Waals surface area contributed by atoms with Gasteiger partial charge < -0.3 is 4.74 Å². The molecule has 0 radical (unpaired) electrons. The lowest BCUT2D eigenvalue weighted by molar-refractivity contribution is 0.109. The van der Waals surface area contributed by atoms with Crippen LogP contribution in [0.4, 0.5) is 0 Å². The third kappa shape index (κ3) is 4.35. The van der Waals surface area contributed by atoms with Gasteiger partial charge in [-0.1, -0.05) is 44.2 Å². The molecule has 0 bridgehead atoms. The summed E-state index contributed by atoms with van der Waals surface area (Å²) in [4.78, 5) is 21.5. The van der Waals surface area contributed by atoms with Crippen molar-refractivity contribution >= 4 is 12.6 Å². The van der Waals surface area contributed by atoms with Gasteiger partial charge in [-0.25, -0.2) is 0 Å². The van der Waals surface area contributed by atoms with Crippen LogP contribution >= 0.6 is 0 Å². The second kappa shape index (κ2) is 8.64. The zero-order valence-corrected chi connectivity index (χ0v) is 11.7. The Hall–Kier alpha value is -2.42. The van der Waals surface area contributed by atoms with Gasteiger partial charge in [-0.05, 0) is 23.8 Å². The van der Waals surface area contributed by atoms with Gasteiger partial charge in [-0.15, -0.1) is 0 Å². The van der Waals surface area contributed by atoms with Crippen molar-refractivity contribution in [2.24, 2.45) is 0 Å². The van der Waals surface area contributed by atoms with E-state index < -0.39 is 0 Å². The predicted molar refractivity (Wildman–Crippen MR) is 79.3 cm³/mol. The first kappa shape index (κ1) is 15.6. The quantitative estimate of drug-likeness (QED) is 0.773. The standard InChI is InChI=1S/C15H12O3.C2H6/c16-9-13-6-7-15(8-14(13)10-17)18-11-12-4-2-1-3-5-12;1-2/h1-10H,11H2;1-2H3. The normalized spacial score (nSPS) is 9.10. The molecule has 3 heteroatoms. The summed E-state index contributed by atoms with van der Waals surface area (Å²) in [6.07, 6.45) is 1.31. The number of hydrogen-bond acceptors (Lipinski definition) is 3. The maximum atomic E-state index is 10.8. The summed E-state index contributed by atoms with van der Waals surface area (Å²) in [5.74, 6) is 0.576. The lowest BCUT2D eigenvalue weighted by Gasteiger charge is -2.07. The van der Waals surface area contributed by atoms with E-state index in [4.69, 9.17) is 4.74 Å². The summed E-state index contributed by atoms with van der Waals surface area (Å²) in [7, 11) is 0. The minimum absolute atomic E-state index is 0.343. The molecule has 0 aromatic heterocycles. The highest BCUT2D eigenvalue weighted by molar-refractivity contribution is 5.90. The van der Waals surface area contributed by atoms with Gasteiger partial charge in [0.1, 0.15) is 12.4 Å². The Kier molecular flexibility index (Phi) is 6.76. The van der Waals surface area contributed by atoms with Crippen molar-refractivity contribution in [2.45, 2.75) is 20.5 Å². The van der Waals surface area contributed by atoms with Crippen LogP contribution in [0.5, 0.6) is 5.75 Å². The molecule has 2 rings (SSSR count). The van der Waals surface area contributed by atoms with Crippen molar-refractivity contribution in [2.75, 3.05) is 0 Å². The second-order valence-electron chi connectivity index (χ2n) is 3.80. The molecular formula is C17H18O3. The average molecular weight is 270 g/mol. The third-order valence-electron chi connectivity index (χ3n) is 2.56. The van der Waals surface area contributed by atoms with Crippen LogP contribution in [0, 0.1) is 0 Å². The molecule has 0 N–H and O–H groups in total. The number of ether oxygens (including phenoxy) is 1. The van der Waals surface area contributed by atoms with Gasteiger partial charge in [0.25, 0.3) is 0 Å². The van der Waals surface area contributed by atoms with Crippen LogP contribution in [0.3, 0.4) is 0 Å². The monoisotopic (exact) mass is 270 g/mol. The zero-order chi connectivity index (χ0) is 14.8. The molecule has 0 aliphatic rings. The largest absolute Gasteiger partial charge is 0.489 e. The molecule has 0 amide bonds. The molecule has 0 saturated carbocycles. The van der Waals surface area contributed by atoms with Gasteiger partial charge in [-0.2, -0.15) is 0 Å². The maximum absolute atomic E-state index is 10.8. The number of benzene rings is 2. The SMILES string of the molecule is CC.O=Cc1ccc(OCc2ccccc2)cc1C=O. The van der Waals surface area contributed by atoms with Gasteiger partial charge in [-0.3, -0.25) is 9.59 Å². The molecule has 20 heavy (non-hydrogen) atoms. The molecular weight excluding hydrogens is 252 g/mol. The van der Waals surface area contributed by atoms with Gasteiger partial charge in [0.15, 0.2) is 12.6 Å². The highest BCUT2D eigenvalue weighted by Crippen LogP contribution is 2.17. The first-order chi connectivity index (χ1) is 9.83. The first-order valence-electron chi connectivity index (χ1n) is 6.54. The summed E-state index contributed by atoms with van der Waals surface area (Å²) in [6, 6.07) is 14.6. The molecule has 3 nitrogen and oxygen atoms in total. The fourth-order valence-corrected chi connectivity index (χ4v) is 1.59. The van der Waals surface area contributed by atoms with Crippen molar-refractivity contribution in [3.8, 4) is 5.75 Å². The van der Waals surface area contributed by atoms with E-state index in [2.05, 4.69) is 0 Å². The Morgan fingerprint density at radius 2 is 1.55 bits per heavy atom. The van der Waals surface area contributed by atoms with E-state index in [-0.39, 0.29) is 0 Å². The van der Waals surface area contributed by atoms with Crippen LogP contribution in [0.1, 0.15) is 40.1 Å². The minimum Gasteiger partial charge on any atom is -0.489 e. The van der Waals surface area contributed by atoms with Crippen molar-refractivity contribution in [1.29, 1.82) is 0 Å². The lowest BCUT2D eigenvalue weighted by Crippen LogP contribution is -1.97. The molecule has 104 valence electrons. The summed E-state index contributed by atoms with van der Waals surface area (Å²) in [5.41, 5.74) is 1.76. The van der Waals surface area contributed by atoms with E-state index in [0.717, 1.165) is 5.56 Å². The number of rotatable bonds is 5. The number of carbonyl (C=O) groups excluding carboxylic acids is 2. The first-order valence-corrected chi connectivity index (χ1v) is 6.54. The van der Waals surface area contributed by atoms with Crippen LogP contribution in [-0.4, -0.2) is 12.6 Å². The summed E-state index contributed by atoms with van der Waals surface area (Å²) >= 11 is 0. The molecule has 2 aromatic rings. The summed E-state index contributed by atoms with van der Waals surface area (Å²) in [5, 5.41) is 0. The average Bonchev–Trinajstić information content (AvgIpc) is 2.55. The molecule has 0 fully saturated rings. The van der Waals surface area contributed by atoms with Gasteiger partial charge in [0.2, 0.25) is 0 Å². The fraction of sp³-hybridized carbons (Fsp3) is 0.176. The molecule has 0 aliphatic carbocycles. The van der Waals surface area contributed by atoms with E-state index >= 15 is 0 Å². The number of carbonyl (C=O) groups is 2. The molecule has 0 spiro atoms. The van der Waals surface area contributed by atoms with E-state index in [0.29, 0.717) is 36.1 Å². The Balaban J connectivity index is 0.000000956. The summed E-state index contributed by atoms with van der Waals surface area (Å²) in [6.45, 7) is 4.43. The Bertz CT molecular complexity index is 547. The van der Waals surface area contributed by atoms with Crippen molar-refractivity contribution < 1.29 is 14.3 Å². The number of aldehydes is 2. The smallest absolute Gasteiger partial charge is 0.150 e. The minimum atomic E-state index is 0.343. The van der Waals surface area contributed by atoms with Gasteiger partial charge >= 0.3 is 0 Å². The molecule has 0 saturated heterocycles. The van der Waals surface area contributed by atoms with Crippen LogP contribution < -0.4 is 4.74 Å². The highest BCUT2D eigenvalue weighted by atomic mass is 16.5. The Labute approximate surface area is 119 Å². The van der Waals surface area contributed by atoms with Gasteiger partial charge in [0, 0.05) is 11.1 Å². The molecule has 0 atom stereocenters. The molecule has 0 heterocycles. The maximum Gasteiger partial charge on any atom is 0.150 e. The van der Waals surface area contributed by atoms with E-state index in [1.54, 1.807) is 18.2 Å². The highest BCUT2D eigenvalue weighted by Gasteiger charge is 2.03. The summed E-state index contributed by atoms with van der Waals surface area (Å²) < 4.78 is 5.56. The molecule has 0 unspecified atom stereocenters. The van der Waals surface area contributed by atoms with E-state index in [9.17, 15) is 9.59 Å². The number of hydrogen-bond donors (Lipinski definition) is 0.